The van der Waals surface area contributed by atoms with Crippen LogP contribution in [0.5, 0.6) is 0 Å². The standard InChI is InChI=1S/C14H13BrN2O2S/c1-8-5-11(3-4-12(8)15)16-17-14(19)13-6-10(7-20-13)9(2)18/h3-7,16H,1-2H3,(H,17,19). The predicted molar refractivity (Wildman–Crippen MR) is 84.3 cm³/mol. The molecule has 0 saturated heterocycles. The number of nitrogens with one attached hydrogen (secondary N) is 2. The summed E-state index contributed by atoms with van der Waals surface area (Å²) in [7, 11) is 0. The molecular weight excluding hydrogens is 340 g/mol. The minimum absolute atomic E-state index is 0.0446. The Hall–Kier alpha value is -1.66. The number of ketones is 1. The zero-order chi connectivity index (χ0) is 14.7. The molecule has 0 aliphatic heterocycles. The number of benzene rings is 1. The Balaban J connectivity index is 2.00. The summed E-state index contributed by atoms with van der Waals surface area (Å²) < 4.78 is 1.01. The van der Waals surface area contributed by atoms with Gasteiger partial charge >= 0.3 is 0 Å². The average molecular weight is 353 g/mol. The Morgan fingerprint density at radius 3 is 2.60 bits per heavy atom. The van der Waals surface area contributed by atoms with Crippen molar-refractivity contribution in [1.82, 2.24) is 5.43 Å². The number of rotatable bonds is 4. The first-order valence-electron chi connectivity index (χ1n) is 5.89. The third kappa shape index (κ3) is 3.46. The summed E-state index contributed by atoms with van der Waals surface area (Å²) in [5.74, 6) is -0.306. The van der Waals surface area contributed by atoms with Gasteiger partial charge in [0, 0.05) is 15.4 Å². The quantitative estimate of drug-likeness (QED) is 0.650. The zero-order valence-electron chi connectivity index (χ0n) is 11.0. The van der Waals surface area contributed by atoms with Gasteiger partial charge in [-0.15, -0.1) is 11.3 Å². The molecule has 0 aliphatic rings. The number of aryl methyl sites for hydroxylation is 1. The first kappa shape index (κ1) is 14.7. The Labute approximate surface area is 129 Å². The van der Waals surface area contributed by atoms with Gasteiger partial charge in [-0.25, -0.2) is 0 Å². The fraction of sp³-hybridized carbons (Fsp3) is 0.143. The summed E-state index contributed by atoms with van der Waals surface area (Å²) in [6.45, 7) is 3.45. The molecule has 1 aromatic carbocycles. The van der Waals surface area contributed by atoms with Crippen molar-refractivity contribution in [2.45, 2.75) is 13.8 Å². The summed E-state index contributed by atoms with van der Waals surface area (Å²) in [6, 6.07) is 7.27. The molecule has 2 aromatic rings. The maximum Gasteiger partial charge on any atom is 0.279 e. The number of amides is 1. The second-order valence-electron chi connectivity index (χ2n) is 4.30. The number of thiophene rings is 1. The number of carbonyl (C=O) groups is 2. The highest BCUT2D eigenvalue weighted by atomic mass is 79.9. The van der Waals surface area contributed by atoms with Gasteiger partial charge in [0.1, 0.15) is 0 Å². The van der Waals surface area contributed by atoms with E-state index < -0.39 is 0 Å². The van der Waals surface area contributed by atoms with Crippen molar-refractivity contribution in [2.75, 3.05) is 5.43 Å². The van der Waals surface area contributed by atoms with Gasteiger partial charge in [-0.3, -0.25) is 20.4 Å². The highest BCUT2D eigenvalue weighted by Crippen LogP contribution is 2.20. The summed E-state index contributed by atoms with van der Waals surface area (Å²) in [4.78, 5) is 23.6. The Kier molecular flexibility index (Phi) is 4.57. The molecule has 2 rings (SSSR count). The van der Waals surface area contributed by atoms with Gasteiger partial charge < -0.3 is 0 Å². The van der Waals surface area contributed by atoms with Crippen LogP contribution < -0.4 is 10.9 Å². The number of hydrogen-bond donors (Lipinski definition) is 2. The molecule has 4 nitrogen and oxygen atoms in total. The van der Waals surface area contributed by atoms with E-state index in [0.29, 0.717) is 10.4 Å². The average Bonchev–Trinajstić information content (AvgIpc) is 2.89. The minimum Gasteiger partial charge on any atom is -0.298 e. The fourth-order valence-electron chi connectivity index (χ4n) is 1.55. The third-order valence-corrected chi connectivity index (χ3v) is 4.53. The van der Waals surface area contributed by atoms with E-state index in [-0.39, 0.29) is 11.7 Å². The van der Waals surface area contributed by atoms with Crippen LogP contribution in [0.25, 0.3) is 0 Å². The van der Waals surface area contributed by atoms with Crippen molar-refractivity contribution in [3.8, 4) is 0 Å². The van der Waals surface area contributed by atoms with Gasteiger partial charge in [-0.05, 0) is 43.7 Å². The predicted octanol–water partition coefficient (Wildman–Crippen LogP) is 3.78. The van der Waals surface area contributed by atoms with Crippen molar-refractivity contribution >= 4 is 44.6 Å². The lowest BCUT2D eigenvalue weighted by Crippen LogP contribution is -2.28. The molecule has 1 amide bonds. The van der Waals surface area contributed by atoms with Gasteiger partial charge in [0.25, 0.3) is 5.91 Å². The largest absolute Gasteiger partial charge is 0.298 e. The van der Waals surface area contributed by atoms with Crippen LogP contribution in [-0.2, 0) is 0 Å². The Morgan fingerprint density at radius 1 is 1.25 bits per heavy atom. The summed E-state index contributed by atoms with van der Waals surface area (Å²) >= 11 is 4.66. The molecule has 1 heterocycles. The molecule has 0 aliphatic carbocycles. The molecule has 0 atom stereocenters. The van der Waals surface area contributed by atoms with Crippen molar-refractivity contribution in [2.24, 2.45) is 0 Å². The highest BCUT2D eigenvalue weighted by molar-refractivity contribution is 9.10. The molecule has 2 N–H and O–H groups in total. The normalized spacial score (nSPS) is 10.2. The lowest BCUT2D eigenvalue weighted by Gasteiger charge is -2.08. The van der Waals surface area contributed by atoms with E-state index in [1.54, 1.807) is 11.4 Å². The molecule has 0 bridgehead atoms. The molecule has 20 heavy (non-hydrogen) atoms. The molecule has 1 aromatic heterocycles. The fourth-order valence-corrected chi connectivity index (χ4v) is 2.64. The SMILES string of the molecule is CC(=O)c1csc(C(=O)NNc2ccc(Br)c(C)c2)c1. The van der Waals surface area contributed by atoms with E-state index in [4.69, 9.17) is 0 Å². The van der Waals surface area contributed by atoms with Crippen molar-refractivity contribution in [3.05, 3.63) is 50.1 Å². The van der Waals surface area contributed by atoms with Crippen LogP contribution in [0.3, 0.4) is 0 Å². The molecule has 0 spiro atoms. The van der Waals surface area contributed by atoms with Gasteiger partial charge in [0.2, 0.25) is 0 Å². The van der Waals surface area contributed by atoms with Crippen molar-refractivity contribution in [1.29, 1.82) is 0 Å². The van der Waals surface area contributed by atoms with E-state index >= 15 is 0 Å². The number of halogens is 1. The smallest absolute Gasteiger partial charge is 0.279 e. The lowest BCUT2D eigenvalue weighted by molar-refractivity contribution is 0.0966. The first-order chi connectivity index (χ1) is 9.47. The van der Waals surface area contributed by atoms with Gasteiger partial charge in [0.05, 0.1) is 10.6 Å². The van der Waals surface area contributed by atoms with Gasteiger partial charge in [0.15, 0.2) is 5.78 Å². The van der Waals surface area contributed by atoms with Crippen LogP contribution in [0.15, 0.2) is 34.1 Å². The molecule has 0 unspecified atom stereocenters. The number of hydrogen-bond acceptors (Lipinski definition) is 4. The van der Waals surface area contributed by atoms with Crippen LogP contribution in [0.1, 0.15) is 32.5 Å². The molecule has 0 saturated carbocycles. The Morgan fingerprint density at radius 2 is 2.00 bits per heavy atom. The second kappa shape index (κ2) is 6.19. The second-order valence-corrected chi connectivity index (χ2v) is 6.06. The van der Waals surface area contributed by atoms with Gasteiger partial charge in [-0.1, -0.05) is 15.9 Å². The van der Waals surface area contributed by atoms with Crippen molar-refractivity contribution in [3.63, 3.8) is 0 Å². The first-order valence-corrected chi connectivity index (χ1v) is 7.56. The maximum atomic E-state index is 11.9. The summed E-state index contributed by atoms with van der Waals surface area (Å²) in [5.41, 5.74) is 7.88. The van der Waals surface area contributed by atoms with E-state index in [0.717, 1.165) is 15.7 Å². The van der Waals surface area contributed by atoms with Gasteiger partial charge in [-0.2, -0.15) is 0 Å². The number of carbonyl (C=O) groups excluding carboxylic acids is 2. The van der Waals surface area contributed by atoms with Crippen LogP contribution in [0.4, 0.5) is 5.69 Å². The minimum atomic E-state index is -0.261. The van der Waals surface area contributed by atoms with E-state index in [9.17, 15) is 9.59 Å². The third-order valence-electron chi connectivity index (χ3n) is 2.71. The summed E-state index contributed by atoms with van der Waals surface area (Å²) in [5, 5.41) is 1.68. The zero-order valence-corrected chi connectivity index (χ0v) is 13.4. The molecule has 6 heteroatoms. The van der Waals surface area contributed by atoms with Crippen LogP contribution in [-0.4, -0.2) is 11.7 Å². The van der Waals surface area contributed by atoms with Crippen molar-refractivity contribution < 1.29 is 9.59 Å². The maximum absolute atomic E-state index is 11.9. The summed E-state index contributed by atoms with van der Waals surface area (Å²) in [6.07, 6.45) is 0. The topological polar surface area (TPSA) is 58.2 Å². The highest BCUT2D eigenvalue weighted by Gasteiger charge is 2.10. The number of hydrazine groups is 1. The number of Topliss-reactive ketones (excluding diaryl/α,β-unsaturated/α-hetero) is 1. The monoisotopic (exact) mass is 352 g/mol. The van der Waals surface area contributed by atoms with Crippen LogP contribution in [0.2, 0.25) is 0 Å². The van der Waals surface area contributed by atoms with E-state index in [2.05, 4.69) is 26.8 Å². The number of anilines is 1. The lowest BCUT2D eigenvalue weighted by atomic mass is 10.2. The molecular formula is C14H13BrN2O2S. The van der Waals surface area contributed by atoms with E-state index in [1.807, 2.05) is 25.1 Å². The van der Waals surface area contributed by atoms with Crippen LogP contribution in [0, 0.1) is 6.92 Å². The van der Waals surface area contributed by atoms with Crippen LogP contribution >= 0.6 is 27.3 Å². The van der Waals surface area contributed by atoms with E-state index in [1.165, 1.54) is 18.3 Å². The molecule has 0 radical (unpaired) electrons. The Bertz CT molecular complexity index is 667. The molecule has 0 fully saturated rings. The molecule has 104 valence electrons.